The summed E-state index contributed by atoms with van der Waals surface area (Å²) in [7, 11) is 1.92. The zero-order chi connectivity index (χ0) is 14.8. The van der Waals surface area contributed by atoms with Crippen LogP contribution in [-0.2, 0) is 12.8 Å². The van der Waals surface area contributed by atoms with Crippen molar-refractivity contribution in [1.29, 1.82) is 0 Å². The lowest BCUT2D eigenvalue weighted by Crippen LogP contribution is -1.98. The number of rotatable bonds is 4. The number of thioether (sulfide) groups is 1. The Morgan fingerprint density at radius 2 is 2.19 bits per heavy atom. The molecule has 0 aliphatic carbocycles. The van der Waals surface area contributed by atoms with Gasteiger partial charge in [-0.15, -0.1) is 0 Å². The highest BCUT2D eigenvalue weighted by atomic mass is 35.5. The highest BCUT2D eigenvalue weighted by Crippen LogP contribution is 2.28. The van der Waals surface area contributed by atoms with Gasteiger partial charge in [0.2, 0.25) is 0 Å². The number of nitrogens with zero attached hydrogens (tertiary/aromatic N) is 4. The summed E-state index contributed by atoms with van der Waals surface area (Å²) in [6, 6.07) is 5.91. The second-order valence-corrected chi connectivity index (χ2v) is 6.12. The molecular weight excluding hydrogens is 304 g/mol. The minimum Gasteiger partial charge on any atom is -0.295 e. The van der Waals surface area contributed by atoms with Gasteiger partial charge >= 0.3 is 0 Å². The minimum atomic E-state index is 0.768. The Hall–Kier alpha value is -1.72. The van der Waals surface area contributed by atoms with Crippen LogP contribution in [0, 0.1) is 6.92 Å². The molecule has 0 bridgehead atoms. The van der Waals surface area contributed by atoms with E-state index < -0.39 is 0 Å². The van der Waals surface area contributed by atoms with Gasteiger partial charge in [-0.1, -0.05) is 29.4 Å². The SMILES string of the molecule is Cc1c(Cl)cccc1-n1ccnc1SCc1cnn(C)c1. The van der Waals surface area contributed by atoms with Crippen molar-refractivity contribution in [3.63, 3.8) is 0 Å². The smallest absolute Gasteiger partial charge is 0.172 e. The van der Waals surface area contributed by atoms with Crippen molar-refractivity contribution >= 4 is 23.4 Å². The summed E-state index contributed by atoms with van der Waals surface area (Å²) in [5.74, 6) is 0.838. The molecule has 3 rings (SSSR count). The largest absolute Gasteiger partial charge is 0.295 e. The normalized spacial score (nSPS) is 11.0. The van der Waals surface area contributed by atoms with Crippen molar-refractivity contribution in [1.82, 2.24) is 19.3 Å². The third kappa shape index (κ3) is 2.99. The van der Waals surface area contributed by atoms with E-state index in [1.807, 2.05) is 55.6 Å². The lowest BCUT2D eigenvalue weighted by Gasteiger charge is -2.11. The van der Waals surface area contributed by atoms with Crippen LogP contribution in [0.2, 0.25) is 5.02 Å². The first-order valence-electron chi connectivity index (χ1n) is 6.54. The molecule has 6 heteroatoms. The van der Waals surface area contributed by atoms with E-state index in [0.29, 0.717) is 0 Å². The average molecular weight is 319 g/mol. The van der Waals surface area contributed by atoms with Gasteiger partial charge < -0.3 is 0 Å². The van der Waals surface area contributed by atoms with Gasteiger partial charge in [0.15, 0.2) is 5.16 Å². The fourth-order valence-electron chi connectivity index (χ4n) is 2.13. The summed E-state index contributed by atoms with van der Waals surface area (Å²) in [4.78, 5) is 4.44. The van der Waals surface area contributed by atoms with Crippen LogP contribution in [0.4, 0.5) is 0 Å². The van der Waals surface area contributed by atoms with Crippen molar-refractivity contribution in [2.75, 3.05) is 0 Å². The molecule has 0 atom stereocenters. The third-order valence-electron chi connectivity index (χ3n) is 3.23. The van der Waals surface area contributed by atoms with Crippen molar-refractivity contribution < 1.29 is 0 Å². The van der Waals surface area contributed by atoms with E-state index in [2.05, 4.69) is 20.7 Å². The maximum atomic E-state index is 6.21. The van der Waals surface area contributed by atoms with Crippen LogP contribution in [0.5, 0.6) is 0 Å². The zero-order valence-corrected chi connectivity index (χ0v) is 13.4. The van der Waals surface area contributed by atoms with Crippen molar-refractivity contribution in [3.8, 4) is 5.69 Å². The molecule has 0 N–H and O–H groups in total. The molecule has 0 aliphatic heterocycles. The van der Waals surface area contributed by atoms with Crippen LogP contribution in [0.3, 0.4) is 0 Å². The number of aryl methyl sites for hydroxylation is 1. The summed E-state index contributed by atoms with van der Waals surface area (Å²) < 4.78 is 3.88. The minimum absolute atomic E-state index is 0.768. The number of benzene rings is 1. The lowest BCUT2D eigenvalue weighted by atomic mass is 10.2. The van der Waals surface area contributed by atoms with Gasteiger partial charge in [-0.25, -0.2) is 4.98 Å². The molecule has 0 amide bonds. The molecule has 21 heavy (non-hydrogen) atoms. The number of hydrogen-bond acceptors (Lipinski definition) is 3. The highest BCUT2D eigenvalue weighted by molar-refractivity contribution is 7.98. The molecule has 0 aliphatic rings. The Morgan fingerprint density at radius 3 is 2.95 bits per heavy atom. The molecule has 0 fully saturated rings. The lowest BCUT2D eigenvalue weighted by molar-refractivity contribution is 0.767. The van der Waals surface area contributed by atoms with E-state index in [1.54, 1.807) is 11.8 Å². The molecule has 0 unspecified atom stereocenters. The number of hydrogen-bond donors (Lipinski definition) is 0. The Labute approximate surface area is 132 Å². The molecule has 1 aromatic carbocycles. The first-order valence-corrected chi connectivity index (χ1v) is 7.90. The van der Waals surface area contributed by atoms with Crippen molar-refractivity contribution in [3.05, 3.63) is 59.1 Å². The third-order valence-corrected chi connectivity index (χ3v) is 4.68. The van der Waals surface area contributed by atoms with Gasteiger partial charge in [-0.2, -0.15) is 5.10 Å². The van der Waals surface area contributed by atoms with Gasteiger partial charge in [0.25, 0.3) is 0 Å². The van der Waals surface area contributed by atoms with Crippen LogP contribution >= 0.6 is 23.4 Å². The van der Waals surface area contributed by atoms with Crippen LogP contribution in [0.15, 0.2) is 48.1 Å². The predicted molar refractivity (Wildman–Crippen MR) is 86.1 cm³/mol. The second-order valence-electron chi connectivity index (χ2n) is 4.77. The molecule has 0 radical (unpaired) electrons. The molecule has 0 spiro atoms. The van der Waals surface area contributed by atoms with Gasteiger partial charge in [0, 0.05) is 42.0 Å². The van der Waals surface area contributed by atoms with E-state index >= 15 is 0 Å². The fraction of sp³-hybridized carbons (Fsp3) is 0.200. The fourth-order valence-corrected chi connectivity index (χ4v) is 3.18. The Balaban J connectivity index is 1.85. The standard InChI is InChI=1S/C15H15ClN4S/c1-11-13(16)4-3-5-14(11)20-7-6-17-15(20)21-10-12-8-18-19(2)9-12/h3-9H,10H2,1-2H3. The van der Waals surface area contributed by atoms with Gasteiger partial charge in [0.1, 0.15) is 0 Å². The topological polar surface area (TPSA) is 35.6 Å². The Morgan fingerprint density at radius 1 is 1.33 bits per heavy atom. The monoisotopic (exact) mass is 318 g/mol. The summed E-state index contributed by atoms with van der Waals surface area (Å²) in [5, 5.41) is 5.90. The number of halogens is 1. The summed E-state index contributed by atoms with van der Waals surface area (Å²) in [6.45, 7) is 2.02. The maximum Gasteiger partial charge on any atom is 0.172 e. The number of imidazole rings is 1. The molecule has 3 aromatic rings. The van der Waals surface area contributed by atoms with E-state index in [4.69, 9.17) is 11.6 Å². The summed E-state index contributed by atoms with van der Waals surface area (Å²) in [6.07, 6.45) is 7.67. The van der Waals surface area contributed by atoms with Gasteiger partial charge in [-0.05, 0) is 24.6 Å². The van der Waals surface area contributed by atoms with Crippen molar-refractivity contribution in [2.24, 2.45) is 7.05 Å². The average Bonchev–Trinajstić information content (AvgIpc) is 3.08. The first kappa shape index (κ1) is 14.2. The second kappa shape index (κ2) is 5.95. The zero-order valence-electron chi connectivity index (χ0n) is 11.8. The van der Waals surface area contributed by atoms with E-state index in [-0.39, 0.29) is 0 Å². The maximum absolute atomic E-state index is 6.21. The van der Waals surface area contributed by atoms with Crippen LogP contribution in [-0.4, -0.2) is 19.3 Å². The molecular formula is C15H15ClN4S. The molecule has 0 saturated carbocycles. The van der Waals surface area contributed by atoms with Crippen molar-refractivity contribution in [2.45, 2.75) is 17.8 Å². The Bertz CT molecular complexity index is 763. The highest BCUT2D eigenvalue weighted by Gasteiger charge is 2.10. The molecule has 0 saturated heterocycles. The van der Waals surface area contributed by atoms with Crippen LogP contribution in [0.1, 0.15) is 11.1 Å². The molecule has 4 nitrogen and oxygen atoms in total. The summed E-state index contributed by atoms with van der Waals surface area (Å²) >= 11 is 7.89. The van der Waals surface area contributed by atoms with E-state index in [9.17, 15) is 0 Å². The Kier molecular flexibility index (Phi) is 4.03. The predicted octanol–water partition coefficient (Wildman–Crippen LogP) is 3.86. The van der Waals surface area contributed by atoms with E-state index in [1.165, 1.54) is 5.56 Å². The first-order chi connectivity index (χ1) is 10.1. The quantitative estimate of drug-likeness (QED) is 0.685. The van der Waals surface area contributed by atoms with E-state index in [0.717, 1.165) is 27.2 Å². The number of aromatic nitrogens is 4. The van der Waals surface area contributed by atoms with Crippen LogP contribution in [0.25, 0.3) is 5.69 Å². The molecule has 2 aromatic heterocycles. The van der Waals surface area contributed by atoms with Gasteiger partial charge in [-0.3, -0.25) is 9.25 Å². The molecule has 108 valence electrons. The molecule has 2 heterocycles. The summed E-state index contributed by atoms with van der Waals surface area (Å²) in [5.41, 5.74) is 3.30. The van der Waals surface area contributed by atoms with Gasteiger partial charge in [0.05, 0.1) is 11.9 Å². The van der Waals surface area contributed by atoms with Crippen LogP contribution < -0.4 is 0 Å².